The van der Waals surface area contributed by atoms with Crippen LogP contribution in [0.3, 0.4) is 0 Å². The lowest BCUT2D eigenvalue weighted by atomic mass is 9.96. The second kappa shape index (κ2) is 7.48. The number of pyridine rings is 1. The minimum atomic E-state index is 0.563. The van der Waals surface area contributed by atoms with E-state index in [4.69, 9.17) is 9.47 Å². The first-order valence-corrected chi connectivity index (χ1v) is 8.74. The highest BCUT2D eigenvalue weighted by molar-refractivity contribution is 5.83. The standard InChI is InChI=1S/C21H19N5O2/c1-13-20(28-3)19(18(27-2)12-22-13)15-10-8-14(9-11-15)16-6-4-5-7-17(16)21-23-25-26-24-21/h4-12H,1-3H3,(H,23,24,25,26). The highest BCUT2D eigenvalue weighted by Gasteiger charge is 2.17. The van der Waals surface area contributed by atoms with E-state index in [9.17, 15) is 0 Å². The van der Waals surface area contributed by atoms with Gasteiger partial charge in [0.1, 0.15) is 5.75 Å². The molecule has 0 radical (unpaired) electrons. The zero-order valence-electron chi connectivity index (χ0n) is 15.8. The average molecular weight is 373 g/mol. The molecular weight excluding hydrogens is 354 g/mol. The van der Waals surface area contributed by atoms with Crippen LogP contribution in [0.5, 0.6) is 11.5 Å². The number of tetrazole rings is 1. The van der Waals surface area contributed by atoms with Crippen molar-refractivity contribution in [1.82, 2.24) is 25.6 Å². The number of aromatic nitrogens is 5. The van der Waals surface area contributed by atoms with Crippen molar-refractivity contribution in [3.8, 4) is 45.1 Å². The fourth-order valence-corrected chi connectivity index (χ4v) is 3.27. The van der Waals surface area contributed by atoms with E-state index in [-0.39, 0.29) is 0 Å². The molecule has 0 atom stereocenters. The number of rotatable bonds is 5. The van der Waals surface area contributed by atoms with Gasteiger partial charge in [0.05, 0.1) is 31.7 Å². The third-order valence-electron chi connectivity index (χ3n) is 4.60. The van der Waals surface area contributed by atoms with Gasteiger partial charge in [-0.2, -0.15) is 5.21 Å². The molecule has 0 saturated heterocycles. The van der Waals surface area contributed by atoms with E-state index in [2.05, 4.69) is 37.7 Å². The molecule has 0 aliphatic heterocycles. The van der Waals surface area contributed by atoms with Gasteiger partial charge in [-0.05, 0) is 28.8 Å². The molecule has 4 rings (SSSR count). The summed E-state index contributed by atoms with van der Waals surface area (Å²) >= 11 is 0. The van der Waals surface area contributed by atoms with E-state index in [1.807, 2.05) is 43.3 Å². The summed E-state index contributed by atoms with van der Waals surface area (Å²) in [5.74, 6) is 1.94. The Balaban J connectivity index is 1.80. The van der Waals surface area contributed by atoms with Crippen LogP contribution in [0.4, 0.5) is 0 Å². The molecule has 0 saturated carbocycles. The largest absolute Gasteiger partial charge is 0.494 e. The maximum atomic E-state index is 5.59. The van der Waals surface area contributed by atoms with Gasteiger partial charge < -0.3 is 9.47 Å². The summed E-state index contributed by atoms with van der Waals surface area (Å²) in [4.78, 5) is 4.34. The molecule has 7 heteroatoms. The Bertz CT molecular complexity index is 1090. The van der Waals surface area contributed by atoms with E-state index >= 15 is 0 Å². The molecule has 4 aromatic rings. The van der Waals surface area contributed by atoms with Crippen LogP contribution in [0.2, 0.25) is 0 Å². The molecule has 2 aromatic heterocycles. The van der Waals surface area contributed by atoms with Crippen molar-refractivity contribution in [2.75, 3.05) is 14.2 Å². The van der Waals surface area contributed by atoms with Crippen molar-refractivity contribution in [2.45, 2.75) is 6.92 Å². The summed E-state index contributed by atoms with van der Waals surface area (Å²) in [6.07, 6.45) is 1.71. The average Bonchev–Trinajstić information content (AvgIpc) is 3.28. The van der Waals surface area contributed by atoms with Crippen LogP contribution < -0.4 is 9.47 Å². The number of methoxy groups -OCH3 is 2. The molecule has 140 valence electrons. The quantitative estimate of drug-likeness (QED) is 0.571. The predicted octanol–water partition coefficient (Wildman–Crippen LogP) is 3.92. The van der Waals surface area contributed by atoms with Crippen molar-refractivity contribution in [1.29, 1.82) is 0 Å². The summed E-state index contributed by atoms with van der Waals surface area (Å²) in [7, 11) is 3.27. The maximum Gasteiger partial charge on any atom is 0.205 e. The Morgan fingerprint density at radius 3 is 2.21 bits per heavy atom. The first kappa shape index (κ1) is 17.7. The number of hydrogen-bond acceptors (Lipinski definition) is 6. The van der Waals surface area contributed by atoms with E-state index in [0.29, 0.717) is 17.3 Å². The molecule has 0 amide bonds. The van der Waals surface area contributed by atoms with Gasteiger partial charge in [0.2, 0.25) is 5.82 Å². The number of nitrogens with one attached hydrogen (secondary N) is 1. The van der Waals surface area contributed by atoms with Crippen LogP contribution in [0.25, 0.3) is 33.6 Å². The third kappa shape index (κ3) is 3.07. The van der Waals surface area contributed by atoms with Crippen LogP contribution >= 0.6 is 0 Å². The van der Waals surface area contributed by atoms with E-state index in [0.717, 1.165) is 33.5 Å². The molecule has 2 heterocycles. The van der Waals surface area contributed by atoms with Gasteiger partial charge in [-0.25, -0.2) is 0 Å². The zero-order valence-corrected chi connectivity index (χ0v) is 15.8. The van der Waals surface area contributed by atoms with Crippen LogP contribution in [0, 0.1) is 6.92 Å². The Hall–Kier alpha value is -3.74. The molecule has 0 fully saturated rings. The van der Waals surface area contributed by atoms with Gasteiger partial charge in [0.25, 0.3) is 0 Å². The molecule has 2 aromatic carbocycles. The summed E-state index contributed by atoms with van der Waals surface area (Å²) in [6, 6.07) is 16.2. The Morgan fingerprint density at radius 1 is 0.857 bits per heavy atom. The second-order valence-corrected chi connectivity index (χ2v) is 6.18. The number of benzene rings is 2. The Kier molecular flexibility index (Phi) is 4.72. The minimum absolute atomic E-state index is 0.563. The highest BCUT2D eigenvalue weighted by atomic mass is 16.5. The number of nitrogens with zero attached hydrogens (tertiary/aromatic N) is 4. The molecule has 7 nitrogen and oxygen atoms in total. The number of aryl methyl sites for hydroxylation is 1. The Morgan fingerprint density at radius 2 is 1.57 bits per heavy atom. The molecular formula is C21H19N5O2. The summed E-state index contributed by atoms with van der Waals surface area (Å²) < 4.78 is 11.1. The molecule has 0 unspecified atom stereocenters. The monoisotopic (exact) mass is 373 g/mol. The lowest BCUT2D eigenvalue weighted by Gasteiger charge is -2.15. The van der Waals surface area contributed by atoms with Gasteiger partial charge >= 0.3 is 0 Å². The fourth-order valence-electron chi connectivity index (χ4n) is 3.27. The number of ether oxygens (including phenoxy) is 2. The summed E-state index contributed by atoms with van der Waals surface area (Å²) in [5.41, 5.74) is 5.67. The maximum absolute atomic E-state index is 5.59. The van der Waals surface area contributed by atoms with Crippen LogP contribution in [0.1, 0.15) is 5.69 Å². The first-order valence-electron chi connectivity index (χ1n) is 8.74. The van der Waals surface area contributed by atoms with Crippen molar-refractivity contribution in [3.63, 3.8) is 0 Å². The van der Waals surface area contributed by atoms with Crippen molar-refractivity contribution >= 4 is 0 Å². The SMILES string of the molecule is COc1cnc(C)c(OC)c1-c1ccc(-c2ccccc2-c2nn[nH]n2)cc1. The summed E-state index contributed by atoms with van der Waals surface area (Å²) in [5, 5.41) is 14.4. The zero-order chi connectivity index (χ0) is 19.5. The van der Waals surface area contributed by atoms with E-state index in [1.165, 1.54) is 0 Å². The normalized spacial score (nSPS) is 10.7. The van der Waals surface area contributed by atoms with Gasteiger partial charge in [-0.3, -0.25) is 4.98 Å². The molecule has 0 aliphatic carbocycles. The number of H-pyrrole nitrogens is 1. The van der Waals surface area contributed by atoms with Crippen LogP contribution in [0.15, 0.2) is 54.7 Å². The molecule has 1 N–H and O–H groups in total. The highest BCUT2D eigenvalue weighted by Crippen LogP contribution is 2.40. The van der Waals surface area contributed by atoms with Crippen molar-refractivity contribution < 1.29 is 9.47 Å². The second-order valence-electron chi connectivity index (χ2n) is 6.18. The van der Waals surface area contributed by atoms with Crippen molar-refractivity contribution in [2.24, 2.45) is 0 Å². The van der Waals surface area contributed by atoms with Gasteiger partial charge in [0, 0.05) is 5.56 Å². The topological polar surface area (TPSA) is 85.8 Å². The van der Waals surface area contributed by atoms with Gasteiger partial charge in [-0.15, -0.1) is 10.2 Å². The van der Waals surface area contributed by atoms with Crippen molar-refractivity contribution in [3.05, 3.63) is 60.4 Å². The van der Waals surface area contributed by atoms with E-state index in [1.54, 1.807) is 20.4 Å². The lowest BCUT2D eigenvalue weighted by Crippen LogP contribution is -1.98. The van der Waals surface area contributed by atoms with Gasteiger partial charge in [-0.1, -0.05) is 48.5 Å². The number of hydrogen-bond donors (Lipinski definition) is 1. The number of aromatic amines is 1. The molecule has 28 heavy (non-hydrogen) atoms. The predicted molar refractivity (Wildman–Crippen MR) is 106 cm³/mol. The van der Waals surface area contributed by atoms with Crippen LogP contribution in [-0.2, 0) is 0 Å². The van der Waals surface area contributed by atoms with E-state index < -0.39 is 0 Å². The minimum Gasteiger partial charge on any atom is -0.494 e. The Labute approximate surface area is 162 Å². The summed E-state index contributed by atoms with van der Waals surface area (Å²) in [6.45, 7) is 1.91. The lowest BCUT2D eigenvalue weighted by molar-refractivity contribution is 0.391. The van der Waals surface area contributed by atoms with Crippen LogP contribution in [-0.4, -0.2) is 39.8 Å². The molecule has 0 bridgehead atoms. The molecule has 0 spiro atoms. The first-order chi connectivity index (χ1) is 13.7. The van der Waals surface area contributed by atoms with Gasteiger partial charge in [0.15, 0.2) is 5.75 Å². The fraction of sp³-hybridized carbons (Fsp3) is 0.143. The smallest absolute Gasteiger partial charge is 0.205 e. The molecule has 0 aliphatic rings. The third-order valence-corrected chi connectivity index (χ3v) is 4.60.